The Morgan fingerprint density at radius 3 is 2.35 bits per heavy atom. The Kier molecular flexibility index (Phi) is 2.83. The fourth-order valence-electron chi connectivity index (χ4n) is 1.72. The van der Waals surface area contributed by atoms with Crippen LogP contribution in [0.3, 0.4) is 0 Å². The van der Waals surface area contributed by atoms with Gasteiger partial charge in [0.05, 0.1) is 0 Å². The van der Waals surface area contributed by atoms with Crippen molar-refractivity contribution < 1.29 is 15.0 Å². The van der Waals surface area contributed by atoms with E-state index in [1.54, 1.807) is 6.07 Å². The molecule has 0 saturated carbocycles. The Morgan fingerprint density at radius 1 is 1.06 bits per heavy atom. The Morgan fingerprint density at radius 2 is 1.76 bits per heavy atom. The molecular weight excluding hydrogens is 216 g/mol. The summed E-state index contributed by atoms with van der Waals surface area (Å²) in [4.78, 5) is 10.8. The lowest BCUT2D eigenvalue weighted by atomic mass is 10.0. The third-order valence-electron chi connectivity index (χ3n) is 2.58. The molecule has 86 valence electrons. The molecule has 2 N–H and O–H groups in total. The summed E-state index contributed by atoms with van der Waals surface area (Å²) in [5, 5.41) is 18.4. The molecule has 0 radical (unpaired) electrons. The summed E-state index contributed by atoms with van der Waals surface area (Å²) in [6.07, 6.45) is 0. The van der Waals surface area contributed by atoms with Gasteiger partial charge in [-0.05, 0) is 30.2 Å². The first-order valence-corrected chi connectivity index (χ1v) is 5.21. The second kappa shape index (κ2) is 4.29. The van der Waals surface area contributed by atoms with E-state index in [9.17, 15) is 9.90 Å². The summed E-state index contributed by atoms with van der Waals surface area (Å²) in [5.74, 6) is -1.34. The molecule has 0 amide bonds. The fraction of sp³-hybridized carbons (Fsp3) is 0.0714. The minimum Gasteiger partial charge on any atom is -0.507 e. The molecule has 2 aromatic carbocycles. The van der Waals surface area contributed by atoms with Crippen LogP contribution in [-0.2, 0) is 0 Å². The summed E-state index contributed by atoms with van der Waals surface area (Å²) in [5.41, 5.74) is 2.79. The first-order valence-electron chi connectivity index (χ1n) is 5.21. The number of carboxylic acid groups (broad SMARTS) is 1. The van der Waals surface area contributed by atoms with Gasteiger partial charge in [0.15, 0.2) is 0 Å². The summed E-state index contributed by atoms with van der Waals surface area (Å²) in [7, 11) is 0. The molecule has 0 atom stereocenters. The SMILES string of the molecule is Cc1cccc(-c2ccc(C(=O)O)c(O)c2)c1. The molecule has 0 aliphatic rings. The van der Waals surface area contributed by atoms with E-state index in [-0.39, 0.29) is 11.3 Å². The van der Waals surface area contributed by atoms with Crippen LogP contribution < -0.4 is 0 Å². The molecule has 3 heteroatoms. The Bertz CT molecular complexity index is 573. The van der Waals surface area contributed by atoms with Gasteiger partial charge >= 0.3 is 5.97 Å². The van der Waals surface area contributed by atoms with Gasteiger partial charge in [-0.15, -0.1) is 0 Å². The third-order valence-corrected chi connectivity index (χ3v) is 2.58. The highest BCUT2D eigenvalue weighted by molar-refractivity contribution is 5.91. The number of carboxylic acids is 1. The number of hydrogen-bond acceptors (Lipinski definition) is 2. The first-order chi connectivity index (χ1) is 8.08. The molecular formula is C14H12O3. The maximum atomic E-state index is 10.8. The lowest BCUT2D eigenvalue weighted by Crippen LogP contribution is -1.96. The molecule has 3 nitrogen and oxygen atoms in total. The summed E-state index contributed by atoms with van der Waals surface area (Å²) in [6.45, 7) is 1.98. The molecule has 0 spiro atoms. The highest BCUT2D eigenvalue weighted by Crippen LogP contribution is 2.26. The van der Waals surface area contributed by atoms with Crippen LogP contribution in [0.1, 0.15) is 15.9 Å². The van der Waals surface area contributed by atoms with E-state index >= 15 is 0 Å². The fourth-order valence-corrected chi connectivity index (χ4v) is 1.72. The Balaban J connectivity index is 2.48. The van der Waals surface area contributed by atoms with Crippen molar-refractivity contribution in [3.63, 3.8) is 0 Å². The van der Waals surface area contributed by atoms with Crippen LogP contribution in [-0.4, -0.2) is 16.2 Å². The van der Waals surface area contributed by atoms with E-state index in [1.807, 2.05) is 31.2 Å². The number of hydrogen-bond donors (Lipinski definition) is 2. The Hall–Kier alpha value is -2.29. The van der Waals surface area contributed by atoms with Gasteiger partial charge in [0.2, 0.25) is 0 Å². The van der Waals surface area contributed by atoms with Crippen molar-refractivity contribution >= 4 is 5.97 Å². The second-order valence-electron chi connectivity index (χ2n) is 3.91. The molecule has 2 aromatic rings. The number of phenols is 1. The van der Waals surface area contributed by atoms with Gasteiger partial charge in [0, 0.05) is 0 Å². The van der Waals surface area contributed by atoms with Gasteiger partial charge in [-0.25, -0.2) is 4.79 Å². The zero-order chi connectivity index (χ0) is 12.4. The van der Waals surface area contributed by atoms with Crippen LogP contribution in [0.25, 0.3) is 11.1 Å². The number of benzene rings is 2. The minimum absolute atomic E-state index is 0.0820. The van der Waals surface area contributed by atoms with Gasteiger partial charge in [-0.3, -0.25) is 0 Å². The maximum Gasteiger partial charge on any atom is 0.339 e. The molecule has 2 rings (SSSR count). The molecule has 0 bridgehead atoms. The third kappa shape index (κ3) is 2.28. The van der Waals surface area contributed by atoms with Gasteiger partial charge in [0.1, 0.15) is 11.3 Å². The average molecular weight is 228 g/mol. The van der Waals surface area contributed by atoms with Crippen LogP contribution in [0.4, 0.5) is 0 Å². The topological polar surface area (TPSA) is 57.5 Å². The van der Waals surface area contributed by atoms with Crippen LogP contribution in [0.5, 0.6) is 5.75 Å². The van der Waals surface area contributed by atoms with Crippen LogP contribution in [0, 0.1) is 6.92 Å². The van der Waals surface area contributed by atoms with Gasteiger partial charge in [0.25, 0.3) is 0 Å². The lowest BCUT2D eigenvalue weighted by Gasteiger charge is -2.05. The van der Waals surface area contributed by atoms with Gasteiger partial charge in [-0.2, -0.15) is 0 Å². The summed E-state index contributed by atoms with van der Waals surface area (Å²) >= 11 is 0. The molecule has 17 heavy (non-hydrogen) atoms. The van der Waals surface area contributed by atoms with E-state index in [2.05, 4.69) is 0 Å². The van der Waals surface area contributed by atoms with Crippen molar-refractivity contribution in [1.82, 2.24) is 0 Å². The van der Waals surface area contributed by atoms with Crippen LogP contribution in [0.2, 0.25) is 0 Å². The first kappa shape index (κ1) is 11.2. The summed E-state index contributed by atoms with van der Waals surface area (Å²) < 4.78 is 0. The number of aryl methyl sites for hydroxylation is 1. The van der Waals surface area contributed by atoms with Crippen molar-refractivity contribution in [3.05, 3.63) is 53.6 Å². The average Bonchev–Trinajstić information content (AvgIpc) is 2.28. The summed E-state index contributed by atoms with van der Waals surface area (Å²) in [6, 6.07) is 12.4. The number of rotatable bonds is 2. The van der Waals surface area contributed by atoms with E-state index in [0.717, 1.165) is 16.7 Å². The van der Waals surface area contributed by atoms with Gasteiger partial charge in [-0.1, -0.05) is 35.9 Å². The van der Waals surface area contributed by atoms with Gasteiger partial charge < -0.3 is 10.2 Å². The highest BCUT2D eigenvalue weighted by atomic mass is 16.4. The van der Waals surface area contributed by atoms with Crippen molar-refractivity contribution in [2.24, 2.45) is 0 Å². The number of carbonyl (C=O) groups is 1. The molecule has 0 aromatic heterocycles. The van der Waals surface area contributed by atoms with E-state index < -0.39 is 5.97 Å². The monoisotopic (exact) mass is 228 g/mol. The molecule has 0 aliphatic heterocycles. The standard InChI is InChI=1S/C14H12O3/c1-9-3-2-4-10(7-9)11-5-6-12(14(16)17)13(15)8-11/h2-8,15H,1H3,(H,16,17). The second-order valence-corrected chi connectivity index (χ2v) is 3.91. The molecule has 0 unspecified atom stereocenters. The quantitative estimate of drug-likeness (QED) is 0.830. The smallest absolute Gasteiger partial charge is 0.339 e. The van der Waals surface area contributed by atoms with E-state index in [1.165, 1.54) is 12.1 Å². The molecule has 0 saturated heterocycles. The van der Waals surface area contributed by atoms with Crippen molar-refractivity contribution in [2.75, 3.05) is 0 Å². The van der Waals surface area contributed by atoms with E-state index in [0.29, 0.717) is 0 Å². The zero-order valence-electron chi connectivity index (χ0n) is 9.34. The number of aromatic hydroxyl groups is 1. The molecule has 0 fully saturated rings. The predicted octanol–water partition coefficient (Wildman–Crippen LogP) is 3.07. The Labute approximate surface area is 99.0 Å². The largest absolute Gasteiger partial charge is 0.507 e. The predicted molar refractivity (Wildman–Crippen MR) is 65.2 cm³/mol. The lowest BCUT2D eigenvalue weighted by molar-refractivity contribution is 0.0694. The number of aromatic carboxylic acids is 1. The van der Waals surface area contributed by atoms with Crippen LogP contribution >= 0.6 is 0 Å². The van der Waals surface area contributed by atoms with Crippen LogP contribution in [0.15, 0.2) is 42.5 Å². The molecule has 0 heterocycles. The van der Waals surface area contributed by atoms with Crippen molar-refractivity contribution in [2.45, 2.75) is 6.92 Å². The minimum atomic E-state index is -1.13. The molecule has 0 aliphatic carbocycles. The normalized spacial score (nSPS) is 10.2. The highest BCUT2D eigenvalue weighted by Gasteiger charge is 2.10. The van der Waals surface area contributed by atoms with Crippen molar-refractivity contribution in [1.29, 1.82) is 0 Å². The van der Waals surface area contributed by atoms with E-state index in [4.69, 9.17) is 5.11 Å². The zero-order valence-corrected chi connectivity index (χ0v) is 9.34. The van der Waals surface area contributed by atoms with Crippen molar-refractivity contribution in [3.8, 4) is 16.9 Å². The maximum absolute atomic E-state index is 10.8.